The van der Waals surface area contributed by atoms with Gasteiger partial charge in [0.05, 0.1) is 0 Å². The molecule has 1 aliphatic carbocycles. The van der Waals surface area contributed by atoms with Crippen LogP contribution in [0.2, 0.25) is 0 Å². The predicted molar refractivity (Wildman–Crippen MR) is 109 cm³/mol. The molecule has 4 rings (SSSR count). The predicted octanol–water partition coefficient (Wildman–Crippen LogP) is 0.862. The molecule has 0 spiro atoms. The first kappa shape index (κ1) is 22.8. The molecule has 176 valence electrons. The van der Waals surface area contributed by atoms with Crippen molar-refractivity contribution in [2.24, 2.45) is 23.7 Å². The van der Waals surface area contributed by atoms with Gasteiger partial charge in [0.25, 0.3) is 5.91 Å². The van der Waals surface area contributed by atoms with Crippen LogP contribution in [0, 0.1) is 23.7 Å². The Morgan fingerprint density at radius 1 is 1.03 bits per heavy atom. The van der Waals surface area contributed by atoms with E-state index in [1.54, 1.807) is 0 Å². The topological polar surface area (TPSA) is 94.3 Å². The molecule has 7 nitrogen and oxygen atoms in total. The Bertz CT molecular complexity index is 676. The van der Waals surface area contributed by atoms with Crippen LogP contribution in [0.4, 0.5) is 13.2 Å². The van der Waals surface area contributed by atoms with Crippen molar-refractivity contribution in [1.82, 2.24) is 26.6 Å². The second-order valence-electron chi connectivity index (χ2n) is 9.68. The highest BCUT2D eigenvalue weighted by molar-refractivity contribution is 5.82. The van der Waals surface area contributed by atoms with E-state index < -0.39 is 24.4 Å². The summed E-state index contributed by atoms with van der Waals surface area (Å²) in [6.07, 6.45) is -0.483. The number of halogens is 3. The molecule has 5 N–H and O–H groups in total. The lowest BCUT2D eigenvalue weighted by molar-refractivity contribution is -0.162. The third-order valence-electron chi connectivity index (χ3n) is 7.82. The van der Waals surface area contributed by atoms with E-state index in [1.165, 1.54) is 0 Å². The van der Waals surface area contributed by atoms with Gasteiger partial charge in [-0.05, 0) is 63.3 Å². The van der Waals surface area contributed by atoms with Crippen molar-refractivity contribution in [3.63, 3.8) is 0 Å². The second-order valence-corrected chi connectivity index (χ2v) is 9.68. The lowest BCUT2D eigenvalue weighted by Gasteiger charge is -2.48. The average molecular weight is 446 g/mol. The molecule has 8 atom stereocenters. The highest BCUT2D eigenvalue weighted by Gasteiger charge is 2.46. The zero-order chi connectivity index (χ0) is 22.2. The maximum atomic E-state index is 13.0. The summed E-state index contributed by atoms with van der Waals surface area (Å²) in [6.45, 7) is 3.71. The van der Waals surface area contributed by atoms with E-state index in [9.17, 15) is 22.8 Å². The van der Waals surface area contributed by atoms with Crippen LogP contribution in [0.5, 0.6) is 0 Å². The van der Waals surface area contributed by atoms with Crippen molar-refractivity contribution in [2.75, 3.05) is 19.6 Å². The zero-order valence-electron chi connectivity index (χ0n) is 17.9. The molecule has 0 aromatic rings. The smallest absolute Gasteiger partial charge is 0.356 e. The van der Waals surface area contributed by atoms with Crippen LogP contribution in [0.1, 0.15) is 45.4 Å². The van der Waals surface area contributed by atoms with E-state index in [2.05, 4.69) is 33.5 Å². The van der Waals surface area contributed by atoms with Gasteiger partial charge in [0.1, 0.15) is 12.2 Å². The maximum Gasteiger partial charge on any atom is 0.403 e. The molecule has 0 radical (unpaired) electrons. The fraction of sp³-hybridized carbons (Fsp3) is 0.905. The molecule has 31 heavy (non-hydrogen) atoms. The number of carbonyl (C=O) groups is 2. The summed E-state index contributed by atoms with van der Waals surface area (Å²) in [6, 6.07) is -1.98. The molecule has 0 aromatic carbocycles. The minimum absolute atomic E-state index is 0.0849. The van der Waals surface area contributed by atoms with Crippen molar-refractivity contribution in [3.8, 4) is 0 Å². The Morgan fingerprint density at radius 2 is 1.84 bits per heavy atom. The first-order valence-corrected chi connectivity index (χ1v) is 11.6. The van der Waals surface area contributed by atoms with Crippen LogP contribution in [0.3, 0.4) is 0 Å². The van der Waals surface area contributed by atoms with Gasteiger partial charge in [0.2, 0.25) is 5.91 Å². The van der Waals surface area contributed by atoms with Crippen molar-refractivity contribution < 1.29 is 22.8 Å². The second kappa shape index (κ2) is 9.23. The molecule has 3 aliphatic heterocycles. The van der Waals surface area contributed by atoms with Gasteiger partial charge < -0.3 is 16.0 Å². The Hall–Kier alpha value is -1.39. The van der Waals surface area contributed by atoms with Crippen molar-refractivity contribution in [1.29, 1.82) is 0 Å². The first-order valence-electron chi connectivity index (χ1n) is 11.6. The molecule has 2 amide bonds. The molecule has 4 fully saturated rings. The van der Waals surface area contributed by atoms with Gasteiger partial charge in [-0.25, -0.2) is 0 Å². The van der Waals surface area contributed by atoms with Crippen molar-refractivity contribution >= 4 is 11.8 Å². The van der Waals surface area contributed by atoms with Gasteiger partial charge in [0, 0.05) is 31.1 Å². The van der Waals surface area contributed by atoms with E-state index in [4.69, 9.17) is 0 Å². The normalized spacial score (nSPS) is 41.7. The molecular formula is C21H34F3N5O2. The third kappa shape index (κ3) is 5.01. The molecule has 4 aliphatic rings. The van der Waals surface area contributed by atoms with Gasteiger partial charge in [-0.15, -0.1) is 0 Å². The molecule has 3 heterocycles. The molecule has 8 unspecified atom stereocenters. The summed E-state index contributed by atoms with van der Waals surface area (Å²) in [7, 11) is 0. The summed E-state index contributed by atoms with van der Waals surface area (Å²) >= 11 is 0. The zero-order valence-corrected chi connectivity index (χ0v) is 17.9. The van der Waals surface area contributed by atoms with Gasteiger partial charge in [0.15, 0.2) is 0 Å². The van der Waals surface area contributed by atoms with Crippen LogP contribution in [-0.4, -0.2) is 61.9 Å². The lowest BCUT2D eigenvalue weighted by atomic mass is 9.63. The molecule has 10 heteroatoms. The van der Waals surface area contributed by atoms with Gasteiger partial charge in [-0.1, -0.05) is 6.42 Å². The highest BCUT2D eigenvalue weighted by Crippen LogP contribution is 2.43. The Balaban J connectivity index is 1.31. The number of hydrogen-bond acceptors (Lipinski definition) is 5. The molecule has 3 saturated heterocycles. The summed E-state index contributed by atoms with van der Waals surface area (Å²) in [4.78, 5) is 25.0. The Kier molecular flexibility index (Phi) is 6.79. The third-order valence-corrected chi connectivity index (χ3v) is 7.82. The number of fused-ring (bicyclic) bond motifs is 1. The lowest BCUT2D eigenvalue weighted by Crippen LogP contribution is -2.66. The maximum absolute atomic E-state index is 13.0. The summed E-state index contributed by atoms with van der Waals surface area (Å²) in [5.41, 5.74) is 0. The van der Waals surface area contributed by atoms with E-state index in [1.807, 2.05) is 0 Å². The summed E-state index contributed by atoms with van der Waals surface area (Å²) in [5.74, 6) is 1.12. The standard InChI is InChI=1S/C21H34F3N5O2/c1-11-16(13-3-2-4-15-14(13)6-8-26-19(15)30)10-27-18(28-11)20(31)29-12-5-7-25-17(9-12)21(22,23)24/h11-18,25,27-28H,2-10H2,1H3,(H,26,30)(H,29,31). The quantitative estimate of drug-likeness (QED) is 0.444. The molecule has 0 aromatic heterocycles. The van der Waals surface area contributed by atoms with Crippen molar-refractivity contribution in [2.45, 2.75) is 75.9 Å². The number of rotatable bonds is 3. The monoisotopic (exact) mass is 445 g/mol. The summed E-state index contributed by atoms with van der Waals surface area (Å²) < 4.78 is 39.0. The van der Waals surface area contributed by atoms with Crippen LogP contribution >= 0.6 is 0 Å². The van der Waals surface area contributed by atoms with E-state index in [0.29, 0.717) is 30.7 Å². The van der Waals surface area contributed by atoms with Gasteiger partial charge >= 0.3 is 6.18 Å². The van der Waals surface area contributed by atoms with E-state index in [-0.39, 0.29) is 36.7 Å². The summed E-state index contributed by atoms with van der Waals surface area (Å²) in [5, 5.41) is 14.9. The van der Waals surface area contributed by atoms with Crippen LogP contribution in [0.15, 0.2) is 0 Å². The SMILES string of the molecule is CC1NC(C(=O)NC2CCNC(C(F)(F)F)C2)NCC1C1CCCC2C(=O)NCCC21. The Labute approximate surface area is 181 Å². The number of alkyl halides is 3. The molecular weight excluding hydrogens is 411 g/mol. The fourth-order valence-corrected chi connectivity index (χ4v) is 6.21. The molecule has 1 saturated carbocycles. The van der Waals surface area contributed by atoms with Crippen LogP contribution < -0.4 is 26.6 Å². The first-order chi connectivity index (χ1) is 14.7. The fourth-order valence-electron chi connectivity index (χ4n) is 6.21. The number of nitrogens with one attached hydrogen (secondary N) is 5. The minimum atomic E-state index is -4.31. The van der Waals surface area contributed by atoms with E-state index >= 15 is 0 Å². The number of piperidine rings is 2. The number of hydrogen-bond donors (Lipinski definition) is 5. The minimum Gasteiger partial charge on any atom is -0.356 e. The number of amides is 2. The van der Waals surface area contributed by atoms with E-state index in [0.717, 1.165) is 32.2 Å². The Morgan fingerprint density at radius 3 is 2.58 bits per heavy atom. The van der Waals surface area contributed by atoms with Crippen molar-refractivity contribution in [3.05, 3.63) is 0 Å². The average Bonchev–Trinajstić information content (AvgIpc) is 2.73. The highest BCUT2D eigenvalue weighted by atomic mass is 19.4. The largest absolute Gasteiger partial charge is 0.403 e. The van der Waals surface area contributed by atoms with Crippen LogP contribution in [-0.2, 0) is 9.59 Å². The molecule has 0 bridgehead atoms. The number of carbonyl (C=O) groups excluding carboxylic acids is 2. The van der Waals surface area contributed by atoms with Gasteiger partial charge in [-0.3, -0.25) is 20.2 Å². The van der Waals surface area contributed by atoms with Gasteiger partial charge in [-0.2, -0.15) is 13.2 Å². The van der Waals surface area contributed by atoms with Crippen LogP contribution in [0.25, 0.3) is 0 Å².